The highest BCUT2D eigenvalue weighted by atomic mass is 16.4. The van der Waals surface area contributed by atoms with Gasteiger partial charge < -0.3 is 10.5 Å². The summed E-state index contributed by atoms with van der Waals surface area (Å²) in [7, 11) is 0. The Morgan fingerprint density at radius 1 is 1.50 bits per heavy atom. The van der Waals surface area contributed by atoms with Gasteiger partial charge in [-0.05, 0) is 6.08 Å². The van der Waals surface area contributed by atoms with Crippen LogP contribution in [0.2, 0.25) is 0 Å². The van der Waals surface area contributed by atoms with E-state index in [0.717, 1.165) is 5.57 Å². The smallest absolute Gasteiger partial charge is 0.334 e. The zero-order valence-electron chi connectivity index (χ0n) is 6.24. The molecule has 1 heterocycles. The number of carbonyl (C=O) groups is 1. The van der Waals surface area contributed by atoms with Gasteiger partial charge in [-0.25, -0.2) is 10.2 Å². The van der Waals surface area contributed by atoms with Crippen LogP contribution in [0.25, 0.3) is 0 Å². The minimum atomic E-state index is -1.06. The molecule has 0 bridgehead atoms. The van der Waals surface area contributed by atoms with Crippen LogP contribution < -0.4 is 10.9 Å². The Morgan fingerprint density at radius 3 is 3.00 bits per heavy atom. The molecule has 0 amide bonds. The summed E-state index contributed by atoms with van der Waals surface area (Å²) in [5, 5.41) is 8.97. The molecular formula is C8H8N2O2. The van der Waals surface area contributed by atoms with Crippen molar-refractivity contribution in [1.82, 2.24) is 10.9 Å². The van der Waals surface area contributed by atoms with Crippen molar-refractivity contribution in [2.75, 3.05) is 0 Å². The third-order valence-corrected chi connectivity index (χ3v) is 2.02. The van der Waals surface area contributed by atoms with E-state index < -0.39 is 11.5 Å². The van der Waals surface area contributed by atoms with Gasteiger partial charge in [0.2, 0.25) is 0 Å². The molecule has 2 aliphatic rings. The van der Waals surface area contributed by atoms with E-state index in [0.29, 0.717) is 0 Å². The Hall–Kier alpha value is -1.55. The third kappa shape index (κ3) is 0.724. The zero-order valence-corrected chi connectivity index (χ0v) is 6.24. The second kappa shape index (κ2) is 2.22. The van der Waals surface area contributed by atoms with Gasteiger partial charge in [0, 0.05) is 11.8 Å². The van der Waals surface area contributed by atoms with E-state index in [-0.39, 0.29) is 0 Å². The van der Waals surface area contributed by atoms with Crippen LogP contribution in [0.4, 0.5) is 0 Å². The standard InChI is InChI=1S/C8H8N2O2/c11-7(12)8-4-2-1-3-6(8)5-9-10-8/h1-5,9-10H,(H,11,12). The van der Waals surface area contributed by atoms with E-state index in [1.807, 2.05) is 6.08 Å². The second-order valence-electron chi connectivity index (χ2n) is 2.70. The predicted molar refractivity (Wildman–Crippen MR) is 43.0 cm³/mol. The molecule has 0 aromatic rings. The number of carboxylic acid groups (broad SMARTS) is 1. The topological polar surface area (TPSA) is 61.4 Å². The number of carboxylic acids is 1. The Morgan fingerprint density at radius 2 is 2.33 bits per heavy atom. The molecule has 12 heavy (non-hydrogen) atoms. The van der Waals surface area contributed by atoms with Crippen molar-refractivity contribution in [2.24, 2.45) is 0 Å². The fraction of sp³-hybridized carbons (Fsp3) is 0.125. The maximum atomic E-state index is 10.9. The SMILES string of the molecule is O=C(O)C12C=CC=CC1=CNN2. The molecule has 1 aliphatic heterocycles. The van der Waals surface area contributed by atoms with Crippen molar-refractivity contribution >= 4 is 5.97 Å². The number of allylic oxidation sites excluding steroid dienone is 2. The monoisotopic (exact) mass is 164 g/mol. The molecule has 62 valence electrons. The van der Waals surface area contributed by atoms with Crippen molar-refractivity contribution in [3.63, 3.8) is 0 Å². The summed E-state index contributed by atoms with van der Waals surface area (Å²) in [6, 6.07) is 0. The first-order chi connectivity index (χ1) is 5.76. The average molecular weight is 164 g/mol. The van der Waals surface area contributed by atoms with Crippen LogP contribution in [0, 0.1) is 0 Å². The molecule has 0 fully saturated rings. The number of fused-ring (bicyclic) bond motifs is 1. The Labute approximate surface area is 69.2 Å². The second-order valence-corrected chi connectivity index (χ2v) is 2.70. The van der Waals surface area contributed by atoms with Crippen molar-refractivity contribution in [2.45, 2.75) is 5.54 Å². The highest BCUT2D eigenvalue weighted by molar-refractivity contribution is 5.88. The van der Waals surface area contributed by atoms with Crippen molar-refractivity contribution in [3.05, 3.63) is 36.1 Å². The number of rotatable bonds is 1. The number of hydrazine groups is 1. The predicted octanol–water partition coefficient (Wildman–Crippen LogP) is -0.0725. The molecule has 1 atom stereocenters. The highest BCUT2D eigenvalue weighted by Gasteiger charge is 2.42. The molecule has 1 unspecified atom stereocenters. The lowest BCUT2D eigenvalue weighted by Gasteiger charge is -2.23. The molecule has 3 N–H and O–H groups in total. The fourth-order valence-corrected chi connectivity index (χ4v) is 1.34. The van der Waals surface area contributed by atoms with Gasteiger partial charge >= 0.3 is 5.97 Å². The van der Waals surface area contributed by atoms with E-state index in [1.54, 1.807) is 24.4 Å². The first-order valence-electron chi connectivity index (χ1n) is 3.58. The summed E-state index contributed by atoms with van der Waals surface area (Å²) in [4.78, 5) is 10.9. The van der Waals surface area contributed by atoms with Gasteiger partial charge in [0.15, 0.2) is 5.54 Å². The molecule has 0 aromatic heterocycles. The van der Waals surface area contributed by atoms with Crippen LogP contribution in [0.15, 0.2) is 36.1 Å². The summed E-state index contributed by atoms with van der Waals surface area (Å²) in [6.07, 6.45) is 8.55. The molecule has 0 saturated heterocycles. The van der Waals surface area contributed by atoms with Crippen LogP contribution in [0.1, 0.15) is 0 Å². The molecule has 4 heteroatoms. The van der Waals surface area contributed by atoms with Gasteiger partial charge in [0.05, 0.1) is 0 Å². The fourth-order valence-electron chi connectivity index (χ4n) is 1.34. The largest absolute Gasteiger partial charge is 0.479 e. The molecule has 2 rings (SSSR count). The first-order valence-corrected chi connectivity index (χ1v) is 3.58. The number of aliphatic carboxylic acids is 1. The summed E-state index contributed by atoms with van der Waals surface area (Å²) in [6.45, 7) is 0. The highest BCUT2D eigenvalue weighted by Crippen LogP contribution is 2.25. The normalized spacial score (nSPS) is 30.8. The van der Waals surface area contributed by atoms with Gasteiger partial charge in [-0.15, -0.1) is 0 Å². The first kappa shape index (κ1) is 7.12. The maximum Gasteiger partial charge on any atom is 0.334 e. The molecule has 4 nitrogen and oxygen atoms in total. The van der Waals surface area contributed by atoms with Crippen molar-refractivity contribution in [1.29, 1.82) is 0 Å². The summed E-state index contributed by atoms with van der Waals surface area (Å²) < 4.78 is 0. The van der Waals surface area contributed by atoms with Crippen LogP contribution in [0.5, 0.6) is 0 Å². The Balaban J connectivity index is 2.48. The Kier molecular flexibility index (Phi) is 1.31. The van der Waals surface area contributed by atoms with E-state index in [1.165, 1.54) is 0 Å². The number of nitrogens with one attached hydrogen (secondary N) is 2. The third-order valence-electron chi connectivity index (χ3n) is 2.02. The lowest BCUT2D eigenvalue weighted by Crippen LogP contribution is -2.51. The number of hydrogen-bond donors (Lipinski definition) is 3. The minimum Gasteiger partial charge on any atom is -0.479 e. The molecule has 0 aromatic carbocycles. The molecular weight excluding hydrogens is 156 g/mol. The maximum absolute atomic E-state index is 10.9. The molecule has 1 aliphatic carbocycles. The van der Waals surface area contributed by atoms with Gasteiger partial charge in [-0.1, -0.05) is 18.2 Å². The van der Waals surface area contributed by atoms with Crippen LogP contribution >= 0.6 is 0 Å². The van der Waals surface area contributed by atoms with Crippen LogP contribution in [-0.4, -0.2) is 16.6 Å². The lowest BCUT2D eigenvalue weighted by molar-refractivity contribution is -0.141. The van der Waals surface area contributed by atoms with E-state index in [2.05, 4.69) is 10.9 Å². The van der Waals surface area contributed by atoms with Crippen molar-refractivity contribution < 1.29 is 9.90 Å². The van der Waals surface area contributed by atoms with Gasteiger partial charge in [-0.2, -0.15) is 0 Å². The van der Waals surface area contributed by atoms with Gasteiger partial charge in [0.1, 0.15) is 0 Å². The van der Waals surface area contributed by atoms with Crippen LogP contribution in [-0.2, 0) is 4.79 Å². The van der Waals surface area contributed by atoms with Gasteiger partial charge in [0.25, 0.3) is 0 Å². The zero-order chi connectivity index (χ0) is 8.60. The molecule has 0 saturated carbocycles. The van der Waals surface area contributed by atoms with Crippen molar-refractivity contribution in [3.8, 4) is 0 Å². The lowest BCUT2D eigenvalue weighted by atomic mass is 9.88. The summed E-state index contributed by atoms with van der Waals surface area (Å²) in [5.74, 6) is -0.903. The molecule has 0 radical (unpaired) electrons. The summed E-state index contributed by atoms with van der Waals surface area (Å²) >= 11 is 0. The summed E-state index contributed by atoms with van der Waals surface area (Å²) in [5.41, 5.74) is 5.04. The number of hydrogen-bond acceptors (Lipinski definition) is 3. The van der Waals surface area contributed by atoms with E-state index in [4.69, 9.17) is 5.11 Å². The van der Waals surface area contributed by atoms with Gasteiger partial charge in [-0.3, -0.25) is 0 Å². The average Bonchev–Trinajstić information content (AvgIpc) is 2.48. The van der Waals surface area contributed by atoms with E-state index in [9.17, 15) is 4.79 Å². The van der Waals surface area contributed by atoms with Crippen LogP contribution in [0.3, 0.4) is 0 Å². The van der Waals surface area contributed by atoms with E-state index >= 15 is 0 Å². The minimum absolute atomic E-state index is 0.720. The molecule has 0 spiro atoms. The quantitative estimate of drug-likeness (QED) is 0.507. The Bertz CT molecular complexity index is 317.